The first-order valence-electron chi connectivity index (χ1n) is 6.74. The molecular formula is C17H17ClO. The van der Waals surface area contributed by atoms with E-state index in [1.54, 1.807) is 0 Å². The van der Waals surface area contributed by atoms with Gasteiger partial charge in [-0.25, -0.2) is 0 Å². The number of hydrogen-bond donors (Lipinski definition) is 1. The van der Waals surface area contributed by atoms with Crippen molar-refractivity contribution in [2.45, 2.75) is 25.4 Å². The van der Waals surface area contributed by atoms with Crippen LogP contribution in [0.25, 0.3) is 0 Å². The van der Waals surface area contributed by atoms with E-state index in [0.29, 0.717) is 5.92 Å². The van der Waals surface area contributed by atoms with Gasteiger partial charge in [0.15, 0.2) is 0 Å². The predicted octanol–water partition coefficient (Wildman–Crippen LogP) is 4.18. The summed E-state index contributed by atoms with van der Waals surface area (Å²) < 4.78 is 0. The molecule has 2 aromatic rings. The number of rotatable bonds is 2. The van der Waals surface area contributed by atoms with Crippen LogP contribution in [0.3, 0.4) is 0 Å². The number of hydrogen-bond acceptors (Lipinski definition) is 1. The highest BCUT2D eigenvalue weighted by Gasteiger charge is 2.27. The zero-order valence-corrected chi connectivity index (χ0v) is 11.5. The fraction of sp³-hybridized carbons (Fsp3) is 0.294. The number of benzene rings is 2. The summed E-state index contributed by atoms with van der Waals surface area (Å²) in [4.78, 5) is 0. The third-order valence-electron chi connectivity index (χ3n) is 4.02. The topological polar surface area (TPSA) is 20.2 Å². The molecule has 0 radical (unpaired) electrons. The van der Waals surface area contributed by atoms with Crippen LogP contribution in [0.15, 0.2) is 48.5 Å². The Morgan fingerprint density at radius 3 is 2.58 bits per heavy atom. The zero-order valence-electron chi connectivity index (χ0n) is 10.7. The van der Waals surface area contributed by atoms with Gasteiger partial charge >= 0.3 is 0 Å². The Bertz CT molecular complexity index is 562. The second-order valence-corrected chi connectivity index (χ2v) is 5.71. The number of halogens is 1. The van der Waals surface area contributed by atoms with E-state index in [2.05, 4.69) is 18.2 Å². The van der Waals surface area contributed by atoms with E-state index >= 15 is 0 Å². The molecule has 0 heterocycles. The summed E-state index contributed by atoms with van der Waals surface area (Å²) in [5.74, 6) is 0.302. The summed E-state index contributed by atoms with van der Waals surface area (Å²) in [7, 11) is 0. The van der Waals surface area contributed by atoms with Crippen molar-refractivity contribution in [3.05, 3.63) is 70.2 Å². The molecule has 19 heavy (non-hydrogen) atoms. The molecule has 3 rings (SSSR count). The van der Waals surface area contributed by atoms with E-state index in [1.807, 2.05) is 30.3 Å². The largest absolute Gasteiger partial charge is 0.388 e. The molecule has 98 valence electrons. The second-order valence-electron chi connectivity index (χ2n) is 5.27. The molecule has 0 aliphatic heterocycles. The van der Waals surface area contributed by atoms with Crippen molar-refractivity contribution in [1.82, 2.24) is 0 Å². The monoisotopic (exact) mass is 272 g/mol. The van der Waals surface area contributed by atoms with Gasteiger partial charge in [-0.05, 0) is 54.0 Å². The van der Waals surface area contributed by atoms with Crippen molar-refractivity contribution in [3.8, 4) is 0 Å². The molecule has 0 bridgehead atoms. The maximum Gasteiger partial charge on any atom is 0.0824 e. The number of aliphatic hydroxyl groups is 1. The summed E-state index contributed by atoms with van der Waals surface area (Å²) in [5, 5.41) is 11.3. The molecule has 1 N–H and O–H groups in total. The molecule has 0 saturated heterocycles. The minimum atomic E-state index is -0.347. The Balaban J connectivity index is 1.79. The smallest absolute Gasteiger partial charge is 0.0824 e. The van der Waals surface area contributed by atoms with Crippen molar-refractivity contribution < 1.29 is 5.11 Å². The minimum Gasteiger partial charge on any atom is -0.388 e. The lowest BCUT2D eigenvalue weighted by Gasteiger charge is -2.30. The van der Waals surface area contributed by atoms with Crippen LogP contribution in [0.2, 0.25) is 5.02 Å². The summed E-state index contributed by atoms with van der Waals surface area (Å²) in [6, 6.07) is 16.2. The first-order chi connectivity index (χ1) is 9.24. The molecule has 2 heteroatoms. The van der Waals surface area contributed by atoms with Crippen molar-refractivity contribution in [2.75, 3.05) is 0 Å². The molecule has 0 saturated carbocycles. The van der Waals surface area contributed by atoms with Gasteiger partial charge in [0.05, 0.1) is 6.10 Å². The quantitative estimate of drug-likeness (QED) is 0.870. The molecule has 0 fully saturated rings. The molecule has 1 aliphatic rings. The Morgan fingerprint density at radius 1 is 1.05 bits per heavy atom. The van der Waals surface area contributed by atoms with Crippen LogP contribution < -0.4 is 0 Å². The molecule has 1 aliphatic carbocycles. The van der Waals surface area contributed by atoms with Gasteiger partial charge in [-0.15, -0.1) is 0 Å². The highest BCUT2D eigenvalue weighted by atomic mass is 35.5. The van der Waals surface area contributed by atoms with Gasteiger partial charge in [-0.2, -0.15) is 0 Å². The van der Waals surface area contributed by atoms with E-state index in [-0.39, 0.29) is 6.10 Å². The number of fused-ring (bicyclic) bond motifs is 1. The summed E-state index contributed by atoms with van der Waals surface area (Å²) in [5.41, 5.74) is 3.64. The normalized spacial score (nSPS) is 22.0. The van der Waals surface area contributed by atoms with Gasteiger partial charge in [0, 0.05) is 5.02 Å². The van der Waals surface area contributed by atoms with Crippen LogP contribution in [-0.2, 0) is 12.8 Å². The van der Waals surface area contributed by atoms with Crippen LogP contribution in [0.5, 0.6) is 0 Å². The van der Waals surface area contributed by atoms with Gasteiger partial charge in [-0.3, -0.25) is 0 Å². The van der Waals surface area contributed by atoms with Crippen molar-refractivity contribution >= 4 is 11.6 Å². The van der Waals surface area contributed by atoms with Crippen LogP contribution in [0.1, 0.15) is 29.2 Å². The SMILES string of the molecule is OC1c2ccccc2CCC1Cc1ccc(Cl)cc1. The maximum absolute atomic E-state index is 10.5. The average molecular weight is 273 g/mol. The molecule has 0 spiro atoms. The molecule has 1 nitrogen and oxygen atoms in total. The van der Waals surface area contributed by atoms with Crippen LogP contribution in [-0.4, -0.2) is 5.11 Å². The minimum absolute atomic E-state index is 0.302. The number of aliphatic hydroxyl groups excluding tert-OH is 1. The van der Waals surface area contributed by atoms with E-state index in [1.165, 1.54) is 11.1 Å². The Labute approximate surface area is 118 Å². The average Bonchev–Trinajstić information content (AvgIpc) is 2.45. The Kier molecular flexibility index (Phi) is 3.58. The van der Waals surface area contributed by atoms with Gasteiger partial charge in [0.25, 0.3) is 0 Å². The Hall–Kier alpha value is -1.31. The van der Waals surface area contributed by atoms with Crippen LogP contribution >= 0.6 is 11.6 Å². The lowest BCUT2D eigenvalue weighted by molar-refractivity contribution is 0.0936. The molecule has 0 aromatic heterocycles. The zero-order chi connectivity index (χ0) is 13.2. The van der Waals surface area contributed by atoms with E-state index < -0.39 is 0 Å². The summed E-state index contributed by atoms with van der Waals surface area (Å²) in [6.45, 7) is 0. The molecule has 2 unspecified atom stereocenters. The second kappa shape index (κ2) is 5.36. The van der Waals surface area contributed by atoms with E-state index in [4.69, 9.17) is 11.6 Å². The molecule has 2 aromatic carbocycles. The predicted molar refractivity (Wildman–Crippen MR) is 78.4 cm³/mol. The third kappa shape index (κ3) is 2.68. The maximum atomic E-state index is 10.5. The van der Waals surface area contributed by atoms with Crippen LogP contribution in [0.4, 0.5) is 0 Å². The van der Waals surface area contributed by atoms with Crippen LogP contribution in [0, 0.1) is 5.92 Å². The van der Waals surface area contributed by atoms with Crippen molar-refractivity contribution in [3.63, 3.8) is 0 Å². The standard InChI is InChI=1S/C17H17ClO/c18-15-9-5-12(6-10-15)11-14-8-7-13-3-1-2-4-16(13)17(14)19/h1-6,9-10,14,17,19H,7-8,11H2. The number of aryl methyl sites for hydroxylation is 1. The van der Waals surface area contributed by atoms with Gasteiger partial charge in [0.1, 0.15) is 0 Å². The summed E-state index contributed by atoms with van der Waals surface area (Å²) in [6.07, 6.45) is 2.67. The van der Waals surface area contributed by atoms with Crippen molar-refractivity contribution in [1.29, 1.82) is 0 Å². The highest BCUT2D eigenvalue weighted by molar-refractivity contribution is 6.30. The lowest BCUT2D eigenvalue weighted by Crippen LogP contribution is -2.22. The fourth-order valence-electron chi connectivity index (χ4n) is 2.94. The fourth-order valence-corrected chi connectivity index (χ4v) is 3.07. The molecular weight excluding hydrogens is 256 g/mol. The van der Waals surface area contributed by atoms with Gasteiger partial charge in [-0.1, -0.05) is 48.0 Å². The molecule has 0 amide bonds. The first-order valence-corrected chi connectivity index (χ1v) is 7.12. The van der Waals surface area contributed by atoms with E-state index in [9.17, 15) is 5.11 Å². The summed E-state index contributed by atoms with van der Waals surface area (Å²) >= 11 is 5.90. The first kappa shape index (κ1) is 12.7. The molecule has 2 atom stereocenters. The Morgan fingerprint density at radius 2 is 1.79 bits per heavy atom. The van der Waals surface area contributed by atoms with Gasteiger partial charge < -0.3 is 5.11 Å². The van der Waals surface area contributed by atoms with Crippen molar-refractivity contribution in [2.24, 2.45) is 5.92 Å². The van der Waals surface area contributed by atoms with Gasteiger partial charge in [0.2, 0.25) is 0 Å². The third-order valence-corrected chi connectivity index (χ3v) is 4.27. The highest BCUT2D eigenvalue weighted by Crippen LogP contribution is 2.36. The lowest BCUT2D eigenvalue weighted by atomic mass is 9.78. The van der Waals surface area contributed by atoms with E-state index in [0.717, 1.165) is 29.8 Å².